The molecule has 0 heterocycles. The molecule has 1 amide bonds. The molecular formula is C23H23NOS. The molecule has 3 heteroatoms. The Morgan fingerprint density at radius 1 is 0.808 bits per heavy atom. The van der Waals surface area contributed by atoms with Crippen LogP contribution in [0.2, 0.25) is 0 Å². The van der Waals surface area contributed by atoms with Crippen LogP contribution in [0.1, 0.15) is 23.6 Å². The zero-order valence-electron chi connectivity index (χ0n) is 14.9. The molecule has 1 N–H and O–H groups in total. The molecule has 0 unspecified atom stereocenters. The lowest BCUT2D eigenvalue weighted by Gasteiger charge is -2.07. The summed E-state index contributed by atoms with van der Waals surface area (Å²) in [6.45, 7) is 2.13. The van der Waals surface area contributed by atoms with Crippen molar-refractivity contribution in [3.05, 3.63) is 95.6 Å². The van der Waals surface area contributed by atoms with Crippen molar-refractivity contribution in [3.63, 3.8) is 0 Å². The smallest absolute Gasteiger partial charge is 0.228 e. The molecule has 0 aliphatic heterocycles. The predicted molar refractivity (Wildman–Crippen MR) is 111 cm³/mol. The molecule has 3 aromatic carbocycles. The Kier molecular flexibility index (Phi) is 6.50. The standard InChI is InChI=1S/C23H23NOS/c1-2-18-8-10-19(11-9-18)16-23(25)24-21-14-12-20(13-15-21)17-26-22-6-4-3-5-7-22/h3-15H,2,16-17H2,1H3,(H,24,25). The van der Waals surface area contributed by atoms with Gasteiger partial charge in [0, 0.05) is 16.3 Å². The highest BCUT2D eigenvalue weighted by Crippen LogP contribution is 2.23. The highest BCUT2D eigenvalue weighted by molar-refractivity contribution is 7.98. The van der Waals surface area contributed by atoms with Gasteiger partial charge in [-0.25, -0.2) is 0 Å². The molecule has 0 atom stereocenters. The first-order valence-corrected chi connectivity index (χ1v) is 9.86. The molecule has 0 saturated heterocycles. The van der Waals surface area contributed by atoms with E-state index in [1.165, 1.54) is 16.0 Å². The molecule has 0 aliphatic carbocycles. The van der Waals surface area contributed by atoms with Crippen LogP contribution in [-0.2, 0) is 23.4 Å². The lowest BCUT2D eigenvalue weighted by Crippen LogP contribution is -2.14. The van der Waals surface area contributed by atoms with Crippen LogP contribution in [0.15, 0.2) is 83.8 Å². The minimum absolute atomic E-state index is 0.0145. The summed E-state index contributed by atoms with van der Waals surface area (Å²) >= 11 is 1.81. The Hall–Kier alpha value is -2.52. The summed E-state index contributed by atoms with van der Waals surface area (Å²) in [7, 11) is 0. The van der Waals surface area contributed by atoms with Gasteiger partial charge in [-0.3, -0.25) is 4.79 Å². The zero-order chi connectivity index (χ0) is 18.2. The number of nitrogens with one attached hydrogen (secondary N) is 1. The van der Waals surface area contributed by atoms with Gasteiger partial charge in [-0.1, -0.05) is 61.5 Å². The minimum Gasteiger partial charge on any atom is -0.326 e. The Morgan fingerprint density at radius 3 is 2.08 bits per heavy atom. The Bertz CT molecular complexity index is 826. The lowest BCUT2D eigenvalue weighted by molar-refractivity contribution is -0.115. The quantitative estimate of drug-likeness (QED) is 0.545. The molecule has 3 rings (SSSR count). The molecule has 2 nitrogen and oxygen atoms in total. The molecule has 0 aliphatic rings. The normalized spacial score (nSPS) is 10.5. The SMILES string of the molecule is CCc1ccc(CC(=O)Nc2ccc(CSc3ccccc3)cc2)cc1. The van der Waals surface area contributed by atoms with Gasteiger partial charge in [0.05, 0.1) is 6.42 Å². The van der Waals surface area contributed by atoms with Crippen molar-refractivity contribution in [1.82, 2.24) is 0 Å². The van der Waals surface area contributed by atoms with Crippen molar-refractivity contribution in [2.75, 3.05) is 5.32 Å². The fourth-order valence-electron chi connectivity index (χ4n) is 2.65. The number of hydrogen-bond donors (Lipinski definition) is 1. The Morgan fingerprint density at radius 2 is 1.42 bits per heavy atom. The van der Waals surface area contributed by atoms with Crippen LogP contribution in [0.3, 0.4) is 0 Å². The first-order valence-electron chi connectivity index (χ1n) is 8.87. The monoisotopic (exact) mass is 361 g/mol. The minimum atomic E-state index is 0.0145. The number of anilines is 1. The zero-order valence-corrected chi connectivity index (χ0v) is 15.8. The summed E-state index contributed by atoms with van der Waals surface area (Å²) in [5.41, 5.74) is 4.41. The van der Waals surface area contributed by atoms with Crippen molar-refractivity contribution in [3.8, 4) is 0 Å². The summed E-state index contributed by atoms with van der Waals surface area (Å²) in [5.74, 6) is 0.933. The first-order chi connectivity index (χ1) is 12.7. The van der Waals surface area contributed by atoms with Crippen LogP contribution in [0.25, 0.3) is 0 Å². The summed E-state index contributed by atoms with van der Waals surface area (Å²) < 4.78 is 0. The molecule has 132 valence electrons. The van der Waals surface area contributed by atoms with E-state index in [1.54, 1.807) is 0 Å². The van der Waals surface area contributed by atoms with E-state index in [1.807, 2.05) is 42.1 Å². The van der Waals surface area contributed by atoms with Gasteiger partial charge in [-0.15, -0.1) is 11.8 Å². The van der Waals surface area contributed by atoms with E-state index in [2.05, 4.69) is 60.8 Å². The van der Waals surface area contributed by atoms with Crippen LogP contribution in [0, 0.1) is 0 Å². The largest absolute Gasteiger partial charge is 0.326 e. The van der Waals surface area contributed by atoms with Crippen LogP contribution in [-0.4, -0.2) is 5.91 Å². The number of carbonyl (C=O) groups excluding carboxylic acids is 1. The molecule has 0 radical (unpaired) electrons. The Labute approximate surface area is 159 Å². The highest BCUT2D eigenvalue weighted by atomic mass is 32.2. The van der Waals surface area contributed by atoms with Crippen molar-refractivity contribution in [2.45, 2.75) is 30.4 Å². The van der Waals surface area contributed by atoms with Crippen molar-refractivity contribution < 1.29 is 4.79 Å². The summed E-state index contributed by atoms with van der Waals surface area (Å²) in [6.07, 6.45) is 1.41. The van der Waals surface area contributed by atoms with Gasteiger partial charge in [0.2, 0.25) is 5.91 Å². The number of benzene rings is 3. The lowest BCUT2D eigenvalue weighted by atomic mass is 10.1. The van der Waals surface area contributed by atoms with E-state index < -0.39 is 0 Å². The third kappa shape index (κ3) is 5.50. The van der Waals surface area contributed by atoms with Crippen LogP contribution >= 0.6 is 11.8 Å². The topological polar surface area (TPSA) is 29.1 Å². The van der Waals surface area contributed by atoms with Crippen LogP contribution in [0.5, 0.6) is 0 Å². The number of hydrogen-bond acceptors (Lipinski definition) is 2. The van der Waals surface area contributed by atoms with E-state index in [-0.39, 0.29) is 5.91 Å². The van der Waals surface area contributed by atoms with Gasteiger partial charge < -0.3 is 5.32 Å². The Balaban J connectivity index is 1.50. The van der Waals surface area contributed by atoms with Crippen molar-refractivity contribution in [2.24, 2.45) is 0 Å². The van der Waals surface area contributed by atoms with Gasteiger partial charge in [-0.2, -0.15) is 0 Å². The second kappa shape index (κ2) is 9.25. The summed E-state index contributed by atoms with van der Waals surface area (Å²) in [4.78, 5) is 13.5. The molecule has 0 spiro atoms. The second-order valence-corrected chi connectivity index (χ2v) is 7.24. The molecular weight excluding hydrogens is 338 g/mol. The number of rotatable bonds is 7. The maximum atomic E-state index is 12.2. The number of amides is 1. The third-order valence-corrected chi connectivity index (χ3v) is 5.27. The number of aryl methyl sites for hydroxylation is 1. The molecule has 0 saturated carbocycles. The van der Waals surface area contributed by atoms with E-state index >= 15 is 0 Å². The van der Waals surface area contributed by atoms with Crippen LogP contribution < -0.4 is 5.32 Å². The fraction of sp³-hybridized carbons (Fsp3) is 0.174. The van der Waals surface area contributed by atoms with Gasteiger partial charge in [-0.05, 0) is 47.4 Å². The van der Waals surface area contributed by atoms with E-state index in [9.17, 15) is 4.79 Å². The van der Waals surface area contributed by atoms with Crippen LogP contribution in [0.4, 0.5) is 5.69 Å². The van der Waals surface area contributed by atoms with E-state index in [4.69, 9.17) is 0 Å². The molecule has 26 heavy (non-hydrogen) atoms. The third-order valence-electron chi connectivity index (χ3n) is 4.18. The van der Waals surface area contributed by atoms with Gasteiger partial charge in [0.1, 0.15) is 0 Å². The average Bonchev–Trinajstić information content (AvgIpc) is 2.69. The van der Waals surface area contributed by atoms with Gasteiger partial charge in [0.25, 0.3) is 0 Å². The fourth-order valence-corrected chi connectivity index (χ4v) is 3.53. The highest BCUT2D eigenvalue weighted by Gasteiger charge is 2.05. The maximum absolute atomic E-state index is 12.2. The van der Waals surface area contributed by atoms with E-state index in [0.717, 1.165) is 23.4 Å². The predicted octanol–water partition coefficient (Wildman–Crippen LogP) is 5.72. The number of thioether (sulfide) groups is 1. The van der Waals surface area contributed by atoms with Crippen molar-refractivity contribution >= 4 is 23.4 Å². The summed E-state index contributed by atoms with van der Waals surface area (Å²) in [6, 6.07) is 26.7. The molecule has 0 fully saturated rings. The number of carbonyl (C=O) groups is 1. The molecule has 0 bridgehead atoms. The van der Waals surface area contributed by atoms with Gasteiger partial charge >= 0.3 is 0 Å². The molecule has 3 aromatic rings. The first kappa shape index (κ1) is 18.3. The van der Waals surface area contributed by atoms with E-state index in [0.29, 0.717) is 6.42 Å². The average molecular weight is 362 g/mol. The maximum Gasteiger partial charge on any atom is 0.228 e. The molecule has 0 aromatic heterocycles. The van der Waals surface area contributed by atoms with Crippen molar-refractivity contribution in [1.29, 1.82) is 0 Å². The second-order valence-electron chi connectivity index (χ2n) is 6.19. The van der Waals surface area contributed by atoms with Gasteiger partial charge in [0.15, 0.2) is 0 Å². The summed E-state index contributed by atoms with van der Waals surface area (Å²) in [5, 5.41) is 2.97.